The predicted octanol–water partition coefficient (Wildman–Crippen LogP) is 2.08. The summed E-state index contributed by atoms with van der Waals surface area (Å²) in [5.74, 6) is -3.01. The van der Waals surface area contributed by atoms with Gasteiger partial charge in [-0.2, -0.15) is 4.98 Å². The van der Waals surface area contributed by atoms with E-state index >= 15 is 0 Å². The molecule has 0 aliphatic heterocycles. The van der Waals surface area contributed by atoms with Crippen LogP contribution in [0.2, 0.25) is 0 Å². The molecule has 0 amide bonds. The average molecular weight is 263 g/mol. The van der Waals surface area contributed by atoms with E-state index in [1.807, 2.05) is 0 Å². The van der Waals surface area contributed by atoms with Crippen LogP contribution in [-0.4, -0.2) is 25.0 Å². The van der Waals surface area contributed by atoms with Crippen LogP contribution in [0.25, 0.3) is 11.2 Å². The first-order chi connectivity index (χ1) is 9.13. The van der Waals surface area contributed by atoms with Crippen molar-refractivity contribution in [2.75, 3.05) is 5.32 Å². The molecule has 0 saturated heterocycles. The van der Waals surface area contributed by atoms with Gasteiger partial charge in [0.25, 0.3) is 0 Å². The molecule has 0 aliphatic rings. The minimum atomic E-state index is -1.07. The number of H-pyrrole nitrogens is 1. The Morgan fingerprint density at radius 2 is 1.89 bits per heavy atom. The summed E-state index contributed by atoms with van der Waals surface area (Å²) in [4.78, 5) is 14.8. The molecule has 0 bridgehead atoms. The van der Waals surface area contributed by atoms with Gasteiger partial charge in [0.2, 0.25) is 5.95 Å². The van der Waals surface area contributed by atoms with Gasteiger partial charge in [0.1, 0.15) is 5.52 Å². The Morgan fingerprint density at radius 3 is 2.63 bits per heavy atom. The van der Waals surface area contributed by atoms with Crippen molar-refractivity contribution in [3.8, 4) is 5.75 Å². The third kappa shape index (κ3) is 2.03. The number of rotatable bonds is 2. The van der Waals surface area contributed by atoms with E-state index in [1.165, 1.54) is 12.5 Å². The maximum absolute atomic E-state index is 13.2. The number of phenolic OH excluding ortho intramolecular Hbond substituents is 1. The van der Waals surface area contributed by atoms with Gasteiger partial charge >= 0.3 is 0 Å². The number of anilines is 2. The summed E-state index contributed by atoms with van der Waals surface area (Å²) in [5.41, 5.74) is 1.16. The molecule has 0 atom stereocenters. The number of aromatic amines is 1. The smallest absolute Gasteiger partial charge is 0.229 e. The molecule has 19 heavy (non-hydrogen) atoms. The van der Waals surface area contributed by atoms with Gasteiger partial charge in [0, 0.05) is 17.8 Å². The Hall–Kier alpha value is -2.77. The Balaban J connectivity index is 1.96. The molecule has 0 saturated carbocycles. The van der Waals surface area contributed by atoms with Crippen molar-refractivity contribution in [3.05, 3.63) is 36.3 Å². The summed E-state index contributed by atoms with van der Waals surface area (Å²) in [6.07, 6.45) is 2.95. The molecule has 0 unspecified atom stereocenters. The zero-order chi connectivity index (χ0) is 13.4. The van der Waals surface area contributed by atoms with E-state index in [9.17, 15) is 8.78 Å². The summed E-state index contributed by atoms with van der Waals surface area (Å²) < 4.78 is 26.3. The van der Waals surface area contributed by atoms with Gasteiger partial charge in [-0.05, 0) is 0 Å². The number of halogens is 2. The highest BCUT2D eigenvalue weighted by Crippen LogP contribution is 2.25. The maximum Gasteiger partial charge on any atom is 0.229 e. The second-order valence-corrected chi connectivity index (χ2v) is 3.75. The van der Waals surface area contributed by atoms with Crippen molar-refractivity contribution in [2.24, 2.45) is 0 Å². The van der Waals surface area contributed by atoms with Crippen LogP contribution in [0.4, 0.5) is 20.4 Å². The number of imidazole rings is 1. The Bertz CT molecular complexity index is 735. The summed E-state index contributed by atoms with van der Waals surface area (Å²) in [5, 5.41) is 11.6. The predicted molar refractivity (Wildman–Crippen MR) is 63.0 cm³/mol. The van der Waals surface area contributed by atoms with Crippen LogP contribution >= 0.6 is 0 Å². The van der Waals surface area contributed by atoms with E-state index < -0.39 is 17.4 Å². The molecule has 2 heterocycles. The van der Waals surface area contributed by atoms with Crippen molar-refractivity contribution >= 4 is 22.8 Å². The number of hydrogen-bond acceptors (Lipinski definition) is 5. The number of fused-ring (bicyclic) bond motifs is 1. The first-order valence-corrected chi connectivity index (χ1v) is 5.24. The monoisotopic (exact) mass is 263 g/mol. The average Bonchev–Trinajstić information content (AvgIpc) is 2.83. The van der Waals surface area contributed by atoms with E-state index in [2.05, 4.69) is 25.3 Å². The maximum atomic E-state index is 13.2. The molecule has 3 N–H and O–H groups in total. The van der Waals surface area contributed by atoms with Gasteiger partial charge in [-0.15, -0.1) is 0 Å². The van der Waals surface area contributed by atoms with Crippen LogP contribution in [0.1, 0.15) is 0 Å². The number of benzene rings is 1. The molecule has 0 spiro atoms. The van der Waals surface area contributed by atoms with Crippen molar-refractivity contribution in [3.63, 3.8) is 0 Å². The van der Waals surface area contributed by atoms with Crippen LogP contribution in [0, 0.1) is 11.6 Å². The largest absolute Gasteiger partial charge is 0.503 e. The third-order valence-electron chi connectivity index (χ3n) is 2.45. The lowest BCUT2D eigenvalue weighted by Gasteiger charge is -2.06. The summed E-state index contributed by atoms with van der Waals surface area (Å²) >= 11 is 0. The van der Waals surface area contributed by atoms with Gasteiger partial charge in [0.05, 0.1) is 12.5 Å². The van der Waals surface area contributed by atoms with Gasteiger partial charge < -0.3 is 15.4 Å². The molecule has 6 nitrogen and oxygen atoms in total. The highest BCUT2D eigenvalue weighted by molar-refractivity contribution is 5.70. The number of nitrogens with one attached hydrogen (secondary N) is 2. The second kappa shape index (κ2) is 4.16. The minimum absolute atomic E-state index is 0.0858. The molecule has 96 valence electrons. The van der Waals surface area contributed by atoms with Crippen molar-refractivity contribution in [1.82, 2.24) is 19.9 Å². The van der Waals surface area contributed by atoms with E-state index in [-0.39, 0.29) is 11.6 Å². The minimum Gasteiger partial charge on any atom is -0.503 e. The molecule has 3 rings (SSSR count). The molecule has 0 radical (unpaired) electrons. The fourth-order valence-corrected chi connectivity index (χ4v) is 1.56. The fraction of sp³-hybridized carbons (Fsp3) is 0. The summed E-state index contributed by atoms with van der Waals surface area (Å²) in [6.45, 7) is 0. The van der Waals surface area contributed by atoms with Gasteiger partial charge in [-0.25, -0.2) is 18.7 Å². The van der Waals surface area contributed by atoms with Gasteiger partial charge in [-0.1, -0.05) is 0 Å². The topological polar surface area (TPSA) is 86.7 Å². The summed E-state index contributed by atoms with van der Waals surface area (Å²) in [7, 11) is 0. The molecule has 3 aromatic rings. The van der Waals surface area contributed by atoms with Gasteiger partial charge in [-0.3, -0.25) is 0 Å². The number of hydrogen-bond donors (Lipinski definition) is 3. The van der Waals surface area contributed by atoms with E-state index in [1.54, 1.807) is 0 Å². The van der Waals surface area contributed by atoms with Gasteiger partial charge in [0.15, 0.2) is 23.0 Å². The van der Waals surface area contributed by atoms with Crippen molar-refractivity contribution in [1.29, 1.82) is 0 Å². The SMILES string of the molecule is Oc1c(F)cc(Nc2ncc3[nH]cnc3n2)cc1F. The Morgan fingerprint density at radius 1 is 1.16 bits per heavy atom. The van der Waals surface area contributed by atoms with Crippen LogP contribution in [0.15, 0.2) is 24.7 Å². The lowest BCUT2D eigenvalue weighted by atomic mass is 10.3. The molecule has 2 aromatic heterocycles. The Labute approximate surface area is 105 Å². The zero-order valence-corrected chi connectivity index (χ0v) is 9.35. The van der Waals surface area contributed by atoms with Crippen molar-refractivity contribution < 1.29 is 13.9 Å². The van der Waals surface area contributed by atoms with Crippen LogP contribution < -0.4 is 5.32 Å². The van der Waals surface area contributed by atoms with Crippen LogP contribution in [0.5, 0.6) is 5.75 Å². The van der Waals surface area contributed by atoms with Crippen molar-refractivity contribution in [2.45, 2.75) is 0 Å². The molecule has 8 heteroatoms. The molecular formula is C11H7F2N5O. The number of nitrogens with zero attached hydrogens (tertiary/aromatic N) is 3. The Kier molecular flexibility index (Phi) is 2.48. The lowest BCUT2D eigenvalue weighted by molar-refractivity contribution is 0.396. The lowest BCUT2D eigenvalue weighted by Crippen LogP contribution is -1.98. The van der Waals surface area contributed by atoms with E-state index in [0.717, 1.165) is 12.1 Å². The number of aromatic hydroxyl groups is 1. The number of phenols is 1. The molecule has 0 fully saturated rings. The zero-order valence-electron chi connectivity index (χ0n) is 9.35. The highest BCUT2D eigenvalue weighted by Gasteiger charge is 2.10. The number of aromatic nitrogens is 4. The summed E-state index contributed by atoms with van der Waals surface area (Å²) in [6, 6.07) is 1.88. The normalized spacial score (nSPS) is 10.8. The fourth-order valence-electron chi connectivity index (χ4n) is 1.56. The third-order valence-corrected chi connectivity index (χ3v) is 2.45. The molecule has 0 aliphatic carbocycles. The standard InChI is InChI=1S/C11H7F2N5O/c12-6-1-5(2-7(13)9(6)19)17-11-14-3-8-10(18-11)16-4-15-8/h1-4,19H,(H2,14,15,16,17,18). The second-order valence-electron chi connectivity index (χ2n) is 3.75. The molecule has 1 aromatic carbocycles. The van der Waals surface area contributed by atoms with E-state index in [0.29, 0.717) is 11.2 Å². The highest BCUT2D eigenvalue weighted by atomic mass is 19.1. The van der Waals surface area contributed by atoms with Crippen LogP contribution in [-0.2, 0) is 0 Å². The molecular weight excluding hydrogens is 256 g/mol. The van der Waals surface area contributed by atoms with E-state index in [4.69, 9.17) is 5.11 Å². The first-order valence-electron chi connectivity index (χ1n) is 5.24. The quantitative estimate of drug-likeness (QED) is 0.616. The van der Waals surface area contributed by atoms with Crippen LogP contribution in [0.3, 0.4) is 0 Å². The first kappa shape index (κ1) is 11.3.